The monoisotopic (exact) mass is 467 g/mol. The van der Waals surface area contributed by atoms with Gasteiger partial charge in [0, 0.05) is 5.56 Å². The Kier molecular flexibility index (Phi) is 6.55. The van der Waals surface area contributed by atoms with Gasteiger partial charge >= 0.3 is 5.97 Å². The van der Waals surface area contributed by atoms with Gasteiger partial charge in [-0.25, -0.2) is 17.9 Å². The molecule has 3 aromatic rings. The molecule has 10 heteroatoms. The average molecular weight is 468 g/mol. The third kappa shape index (κ3) is 4.80. The van der Waals surface area contributed by atoms with Gasteiger partial charge in [-0.2, -0.15) is 0 Å². The first-order valence-electron chi connectivity index (χ1n) is 10.7. The minimum atomic E-state index is -4.01. The van der Waals surface area contributed by atoms with Gasteiger partial charge in [0.1, 0.15) is 6.33 Å². The lowest BCUT2D eigenvalue weighted by Crippen LogP contribution is -2.17. The number of tetrazole rings is 1. The third-order valence-electron chi connectivity index (χ3n) is 5.66. The van der Waals surface area contributed by atoms with Crippen LogP contribution in [-0.2, 0) is 21.2 Å². The number of hydrogen-bond acceptors (Lipinski definition) is 7. The smallest absolute Gasteiger partial charge is 0.337 e. The number of benzene rings is 2. The second-order valence-electron chi connectivity index (χ2n) is 7.73. The van der Waals surface area contributed by atoms with Crippen LogP contribution in [0.15, 0.2) is 53.7 Å². The Hall–Kier alpha value is -3.53. The summed E-state index contributed by atoms with van der Waals surface area (Å²) >= 11 is 0. The molecule has 0 bridgehead atoms. The van der Waals surface area contributed by atoms with Crippen molar-refractivity contribution in [3.05, 3.63) is 65.5 Å². The van der Waals surface area contributed by atoms with Crippen molar-refractivity contribution in [1.82, 2.24) is 20.2 Å². The molecule has 1 N–H and O–H groups in total. The molecule has 2 aromatic carbocycles. The molecule has 172 valence electrons. The maximum absolute atomic E-state index is 13.5. The van der Waals surface area contributed by atoms with E-state index in [4.69, 9.17) is 4.74 Å². The second kappa shape index (κ2) is 9.53. The summed E-state index contributed by atoms with van der Waals surface area (Å²) in [6.07, 6.45) is 8.08. The number of nitrogens with zero attached hydrogens (tertiary/aromatic N) is 4. The Labute approximate surface area is 192 Å². The number of aryl methyl sites for hydroxylation is 1. The average Bonchev–Trinajstić information content (AvgIpc) is 3.38. The van der Waals surface area contributed by atoms with Crippen LogP contribution in [-0.4, -0.2) is 41.7 Å². The molecule has 1 aliphatic carbocycles. The zero-order chi connectivity index (χ0) is 23.4. The molecule has 9 nitrogen and oxygen atoms in total. The van der Waals surface area contributed by atoms with Crippen LogP contribution in [0.4, 0.5) is 5.69 Å². The molecule has 0 aliphatic heterocycles. The first-order valence-corrected chi connectivity index (χ1v) is 12.2. The molecule has 0 atom stereocenters. The maximum atomic E-state index is 13.5. The highest BCUT2D eigenvalue weighted by atomic mass is 32.2. The van der Waals surface area contributed by atoms with E-state index in [2.05, 4.69) is 26.3 Å². The van der Waals surface area contributed by atoms with Gasteiger partial charge in [-0.05, 0) is 77.9 Å². The molecule has 0 unspecified atom stereocenters. The van der Waals surface area contributed by atoms with Crippen molar-refractivity contribution in [2.24, 2.45) is 0 Å². The molecule has 0 radical (unpaired) electrons. The number of hydrogen-bond donors (Lipinski definition) is 1. The summed E-state index contributed by atoms with van der Waals surface area (Å²) in [5.41, 5.74) is 3.75. The molecule has 4 rings (SSSR count). The van der Waals surface area contributed by atoms with E-state index in [-0.39, 0.29) is 10.5 Å². The lowest BCUT2D eigenvalue weighted by Gasteiger charge is -2.19. The molecule has 0 saturated carbocycles. The largest absolute Gasteiger partial charge is 0.465 e. The van der Waals surface area contributed by atoms with E-state index in [0.717, 1.165) is 36.8 Å². The predicted molar refractivity (Wildman–Crippen MR) is 124 cm³/mol. The summed E-state index contributed by atoms with van der Waals surface area (Å²) in [4.78, 5) is 12.1. The number of methoxy groups -OCH3 is 1. The van der Waals surface area contributed by atoms with Crippen LogP contribution in [0, 0.1) is 0 Å². The SMILES string of the molecule is CCc1ccc(C(=O)OC)cc1S(=O)(=O)Nc1cc(-n2cnnn2)ccc1C1=CCCCC1. The summed E-state index contributed by atoms with van der Waals surface area (Å²) in [6, 6.07) is 10.0. The zero-order valence-corrected chi connectivity index (χ0v) is 19.3. The number of carbonyl (C=O) groups excluding carboxylic acids is 1. The molecular weight excluding hydrogens is 442 g/mol. The standard InChI is InChI=1S/C23H25N5O4S/c1-3-16-9-10-18(23(29)32-2)13-22(16)33(30,31)25-21-14-19(28-15-24-26-27-28)11-12-20(21)17-7-5-4-6-8-17/h7,9-15,25H,3-6,8H2,1-2H3. The van der Waals surface area contributed by atoms with Gasteiger partial charge in [0.05, 0.1) is 28.9 Å². The van der Waals surface area contributed by atoms with Crippen LogP contribution in [0.25, 0.3) is 11.3 Å². The Morgan fingerprint density at radius 1 is 1.18 bits per heavy atom. The number of rotatable bonds is 7. The fourth-order valence-electron chi connectivity index (χ4n) is 3.94. The number of esters is 1. The van der Waals surface area contributed by atoms with Crippen molar-refractivity contribution in [3.63, 3.8) is 0 Å². The van der Waals surface area contributed by atoms with Crippen molar-refractivity contribution in [2.45, 2.75) is 43.9 Å². The Morgan fingerprint density at radius 3 is 2.70 bits per heavy atom. The first-order chi connectivity index (χ1) is 15.9. The topological polar surface area (TPSA) is 116 Å². The number of allylic oxidation sites excluding steroid dienone is 2. The van der Waals surface area contributed by atoms with Crippen LogP contribution < -0.4 is 4.72 Å². The fourth-order valence-corrected chi connectivity index (χ4v) is 5.35. The summed E-state index contributed by atoms with van der Waals surface area (Å²) < 4.78 is 36.1. The van der Waals surface area contributed by atoms with Crippen LogP contribution in [0.2, 0.25) is 0 Å². The van der Waals surface area contributed by atoms with E-state index in [9.17, 15) is 13.2 Å². The zero-order valence-electron chi connectivity index (χ0n) is 18.5. The highest BCUT2D eigenvalue weighted by Crippen LogP contribution is 2.34. The van der Waals surface area contributed by atoms with Crippen molar-refractivity contribution in [2.75, 3.05) is 11.8 Å². The van der Waals surface area contributed by atoms with E-state index in [1.807, 2.05) is 19.1 Å². The van der Waals surface area contributed by atoms with E-state index in [1.54, 1.807) is 18.2 Å². The molecule has 1 heterocycles. The van der Waals surface area contributed by atoms with Gasteiger partial charge < -0.3 is 4.74 Å². The second-order valence-corrected chi connectivity index (χ2v) is 9.38. The van der Waals surface area contributed by atoms with Gasteiger partial charge in [0.2, 0.25) is 0 Å². The molecule has 0 spiro atoms. The number of nitrogens with one attached hydrogen (secondary N) is 1. The Morgan fingerprint density at radius 2 is 2.03 bits per heavy atom. The number of ether oxygens (including phenoxy) is 1. The van der Waals surface area contributed by atoms with Gasteiger partial charge in [-0.1, -0.05) is 25.1 Å². The minimum absolute atomic E-state index is 0.0456. The van der Waals surface area contributed by atoms with Gasteiger partial charge in [-0.3, -0.25) is 4.72 Å². The predicted octanol–water partition coefficient (Wildman–Crippen LogP) is 3.77. The van der Waals surface area contributed by atoms with E-state index in [0.29, 0.717) is 23.4 Å². The molecule has 0 amide bonds. The van der Waals surface area contributed by atoms with E-state index < -0.39 is 16.0 Å². The van der Waals surface area contributed by atoms with Gasteiger partial charge in [0.15, 0.2) is 0 Å². The number of aromatic nitrogens is 4. The summed E-state index contributed by atoms with van der Waals surface area (Å²) in [6.45, 7) is 1.86. The molecule has 1 aliphatic rings. The van der Waals surface area contributed by atoms with Crippen LogP contribution in [0.3, 0.4) is 0 Å². The number of carbonyl (C=O) groups is 1. The molecule has 0 fully saturated rings. The summed E-state index contributed by atoms with van der Waals surface area (Å²) in [7, 11) is -2.75. The summed E-state index contributed by atoms with van der Waals surface area (Å²) in [5.74, 6) is -0.595. The fraction of sp³-hybridized carbons (Fsp3) is 0.304. The first kappa shape index (κ1) is 22.7. The molecule has 33 heavy (non-hydrogen) atoms. The van der Waals surface area contributed by atoms with Crippen molar-refractivity contribution in [1.29, 1.82) is 0 Å². The Bertz CT molecular complexity index is 1300. The maximum Gasteiger partial charge on any atom is 0.337 e. The van der Waals surface area contributed by atoms with Gasteiger partial charge in [-0.15, -0.1) is 5.10 Å². The summed E-state index contributed by atoms with van der Waals surface area (Å²) in [5, 5.41) is 11.2. The highest BCUT2D eigenvalue weighted by Gasteiger charge is 2.23. The molecule has 1 aromatic heterocycles. The quantitative estimate of drug-likeness (QED) is 0.526. The lowest BCUT2D eigenvalue weighted by atomic mass is 9.92. The van der Waals surface area contributed by atoms with Crippen molar-refractivity contribution < 1.29 is 17.9 Å². The van der Waals surface area contributed by atoms with Crippen molar-refractivity contribution in [3.8, 4) is 5.69 Å². The van der Waals surface area contributed by atoms with E-state index in [1.165, 1.54) is 24.2 Å². The normalized spacial score (nSPS) is 13.9. The molecule has 0 saturated heterocycles. The van der Waals surface area contributed by atoms with Gasteiger partial charge in [0.25, 0.3) is 10.0 Å². The Balaban J connectivity index is 1.80. The molecular formula is C23H25N5O4S. The van der Waals surface area contributed by atoms with Crippen molar-refractivity contribution >= 4 is 27.3 Å². The number of anilines is 1. The highest BCUT2D eigenvalue weighted by molar-refractivity contribution is 7.92. The third-order valence-corrected chi connectivity index (χ3v) is 7.10. The van der Waals surface area contributed by atoms with Crippen LogP contribution in [0.5, 0.6) is 0 Å². The lowest BCUT2D eigenvalue weighted by molar-refractivity contribution is 0.0600. The van der Waals surface area contributed by atoms with Crippen LogP contribution >= 0.6 is 0 Å². The number of sulfonamides is 1. The minimum Gasteiger partial charge on any atom is -0.465 e. The van der Waals surface area contributed by atoms with Crippen LogP contribution in [0.1, 0.15) is 54.1 Å². The van der Waals surface area contributed by atoms with E-state index >= 15 is 0 Å².